The minimum absolute atomic E-state index is 0.0473. The molecule has 0 unspecified atom stereocenters. The Morgan fingerprint density at radius 2 is 1.75 bits per heavy atom. The van der Waals surface area contributed by atoms with E-state index in [-0.39, 0.29) is 10.9 Å². The Morgan fingerprint density at radius 3 is 2.44 bits per heavy atom. The van der Waals surface area contributed by atoms with Gasteiger partial charge in [0.05, 0.1) is 11.2 Å². The highest BCUT2D eigenvalue weighted by Crippen LogP contribution is 2.26. The van der Waals surface area contributed by atoms with Crippen LogP contribution in [0, 0.1) is 12.7 Å². The van der Waals surface area contributed by atoms with Gasteiger partial charge in [-0.3, -0.25) is 4.79 Å². The number of rotatable bonds is 6. The summed E-state index contributed by atoms with van der Waals surface area (Å²) in [6.45, 7) is 2.84. The van der Waals surface area contributed by atoms with Crippen molar-refractivity contribution >= 4 is 22.6 Å². The molecule has 0 atom stereocenters. The number of carbonyl (C=O) groups is 1. The van der Waals surface area contributed by atoms with Crippen molar-refractivity contribution in [3.63, 3.8) is 0 Å². The molecule has 1 N–H and O–H groups in total. The van der Waals surface area contributed by atoms with Crippen LogP contribution < -0.4 is 10.3 Å². The highest BCUT2D eigenvalue weighted by atomic mass is 19.1. The zero-order valence-corrected chi connectivity index (χ0v) is 17.9. The molecule has 0 fully saturated rings. The molecule has 0 saturated heterocycles. The van der Waals surface area contributed by atoms with E-state index < -0.39 is 17.2 Å². The van der Waals surface area contributed by atoms with E-state index in [4.69, 9.17) is 0 Å². The summed E-state index contributed by atoms with van der Waals surface area (Å²) in [5.41, 5.74) is 2.84. The maximum absolute atomic E-state index is 15.1. The van der Waals surface area contributed by atoms with Crippen molar-refractivity contribution in [2.24, 2.45) is 0 Å². The van der Waals surface area contributed by atoms with Gasteiger partial charge in [-0.05, 0) is 30.2 Å². The molecule has 0 amide bonds. The molecule has 1 heterocycles. The number of benzene rings is 3. The van der Waals surface area contributed by atoms with E-state index in [0.717, 1.165) is 22.8 Å². The lowest BCUT2D eigenvalue weighted by Crippen LogP contribution is -2.21. The molecule has 0 bridgehead atoms. The predicted molar refractivity (Wildman–Crippen MR) is 124 cm³/mol. The number of carboxylic acids is 1. The molecule has 1 aromatic heterocycles. The number of hydrogen-bond donors (Lipinski definition) is 1. The van der Waals surface area contributed by atoms with Gasteiger partial charge in [0.1, 0.15) is 11.4 Å². The quantitative estimate of drug-likeness (QED) is 0.476. The number of halogens is 1. The molecule has 4 aromatic rings. The predicted octanol–water partition coefficient (Wildman–Crippen LogP) is 4.83. The number of fused-ring (bicyclic) bond motifs is 1. The summed E-state index contributed by atoms with van der Waals surface area (Å²) in [4.78, 5) is 26.2. The molecule has 5 nitrogen and oxygen atoms in total. The highest BCUT2D eigenvalue weighted by Gasteiger charge is 2.18. The summed E-state index contributed by atoms with van der Waals surface area (Å²) in [6.07, 6.45) is 1.34. The highest BCUT2D eigenvalue weighted by molar-refractivity contribution is 5.93. The van der Waals surface area contributed by atoms with E-state index in [1.54, 1.807) is 22.6 Å². The Balaban J connectivity index is 1.85. The average molecular weight is 430 g/mol. The van der Waals surface area contributed by atoms with Gasteiger partial charge in [-0.2, -0.15) is 0 Å². The first-order chi connectivity index (χ1) is 15.3. The summed E-state index contributed by atoms with van der Waals surface area (Å²) in [6, 6.07) is 20.2. The number of aryl methyl sites for hydroxylation is 1. The second-order valence-corrected chi connectivity index (χ2v) is 7.96. The van der Waals surface area contributed by atoms with Crippen LogP contribution in [0.4, 0.5) is 10.1 Å². The number of carboxylic acid groups (broad SMARTS) is 1. The zero-order chi connectivity index (χ0) is 22.8. The van der Waals surface area contributed by atoms with Crippen LogP contribution in [0.5, 0.6) is 0 Å². The zero-order valence-electron chi connectivity index (χ0n) is 17.9. The van der Waals surface area contributed by atoms with Crippen molar-refractivity contribution in [3.8, 4) is 0 Å². The fraction of sp³-hybridized carbons (Fsp3) is 0.154. The van der Waals surface area contributed by atoms with E-state index in [0.29, 0.717) is 24.3 Å². The molecule has 32 heavy (non-hydrogen) atoms. The average Bonchev–Trinajstić information content (AvgIpc) is 2.76. The molecule has 3 aromatic carbocycles. The molecular weight excluding hydrogens is 407 g/mol. The molecule has 6 heteroatoms. The third-order valence-corrected chi connectivity index (χ3v) is 5.49. The molecule has 0 aliphatic carbocycles. The fourth-order valence-corrected chi connectivity index (χ4v) is 3.92. The van der Waals surface area contributed by atoms with Crippen LogP contribution in [0.2, 0.25) is 0 Å². The first-order valence-electron chi connectivity index (χ1n) is 10.2. The van der Waals surface area contributed by atoms with Crippen molar-refractivity contribution in [2.45, 2.75) is 20.0 Å². The Labute approximate surface area is 185 Å². The molecular formula is C26H23FN2O3. The van der Waals surface area contributed by atoms with Crippen LogP contribution in [-0.2, 0) is 13.1 Å². The number of aromatic nitrogens is 1. The molecule has 0 spiro atoms. The minimum Gasteiger partial charge on any atom is -0.477 e. The maximum Gasteiger partial charge on any atom is 0.341 e. The van der Waals surface area contributed by atoms with Gasteiger partial charge in [0.15, 0.2) is 0 Å². The van der Waals surface area contributed by atoms with Gasteiger partial charge in [-0.25, -0.2) is 9.18 Å². The smallest absolute Gasteiger partial charge is 0.341 e. The standard InChI is InChI=1S/C26H23FN2O3/c1-17-7-6-10-19(11-17)14-28(2)24-13-23-20(12-22(24)27)25(30)21(26(31)32)16-29(23)15-18-8-4-3-5-9-18/h3-13,16H,14-15H2,1-2H3,(H,31,32). The lowest BCUT2D eigenvalue weighted by Gasteiger charge is -2.22. The molecule has 0 aliphatic heterocycles. The van der Waals surface area contributed by atoms with Crippen LogP contribution in [0.3, 0.4) is 0 Å². The van der Waals surface area contributed by atoms with E-state index in [2.05, 4.69) is 0 Å². The molecule has 4 rings (SSSR count). The summed E-state index contributed by atoms with van der Waals surface area (Å²) >= 11 is 0. The largest absolute Gasteiger partial charge is 0.477 e. The van der Waals surface area contributed by atoms with E-state index in [1.165, 1.54) is 6.20 Å². The molecule has 0 aliphatic rings. The Morgan fingerprint density at radius 1 is 1.03 bits per heavy atom. The Kier molecular flexibility index (Phi) is 5.77. The summed E-state index contributed by atoms with van der Waals surface area (Å²) in [5.74, 6) is -1.90. The van der Waals surface area contributed by atoms with Gasteiger partial charge in [0.2, 0.25) is 5.43 Å². The van der Waals surface area contributed by atoms with E-state index in [9.17, 15) is 14.7 Å². The molecule has 0 saturated carbocycles. The molecule has 162 valence electrons. The first-order valence-corrected chi connectivity index (χ1v) is 10.2. The van der Waals surface area contributed by atoms with Crippen LogP contribution >= 0.6 is 0 Å². The Bertz CT molecular complexity index is 1360. The lowest BCUT2D eigenvalue weighted by molar-refractivity contribution is 0.0695. The minimum atomic E-state index is -1.33. The van der Waals surface area contributed by atoms with Crippen LogP contribution in [0.1, 0.15) is 27.0 Å². The van der Waals surface area contributed by atoms with E-state index >= 15 is 4.39 Å². The normalized spacial score (nSPS) is 11.0. The van der Waals surface area contributed by atoms with Gasteiger partial charge < -0.3 is 14.6 Å². The van der Waals surface area contributed by atoms with Crippen molar-refractivity contribution < 1.29 is 14.3 Å². The third kappa shape index (κ3) is 4.25. The molecule has 0 radical (unpaired) electrons. The van der Waals surface area contributed by atoms with Crippen molar-refractivity contribution in [3.05, 3.63) is 111 Å². The van der Waals surface area contributed by atoms with Crippen LogP contribution in [0.15, 0.2) is 77.7 Å². The van der Waals surface area contributed by atoms with Crippen molar-refractivity contribution in [1.29, 1.82) is 0 Å². The SMILES string of the molecule is Cc1cccc(CN(C)c2cc3c(cc2F)c(=O)c(C(=O)O)cn3Cc2ccccc2)c1. The summed E-state index contributed by atoms with van der Waals surface area (Å²) < 4.78 is 16.8. The van der Waals surface area contributed by atoms with Gasteiger partial charge in [-0.1, -0.05) is 60.2 Å². The number of anilines is 1. The van der Waals surface area contributed by atoms with Crippen LogP contribution in [0.25, 0.3) is 10.9 Å². The van der Waals surface area contributed by atoms with Crippen molar-refractivity contribution in [2.75, 3.05) is 11.9 Å². The van der Waals surface area contributed by atoms with Crippen LogP contribution in [-0.4, -0.2) is 22.7 Å². The monoisotopic (exact) mass is 430 g/mol. The second kappa shape index (κ2) is 8.67. The van der Waals surface area contributed by atoms with Gasteiger partial charge >= 0.3 is 5.97 Å². The van der Waals surface area contributed by atoms with E-state index in [1.807, 2.05) is 61.5 Å². The number of pyridine rings is 1. The topological polar surface area (TPSA) is 62.5 Å². The van der Waals surface area contributed by atoms with Gasteiger partial charge in [-0.15, -0.1) is 0 Å². The first kappa shape index (κ1) is 21.3. The third-order valence-electron chi connectivity index (χ3n) is 5.49. The second-order valence-electron chi connectivity index (χ2n) is 7.96. The number of hydrogen-bond acceptors (Lipinski definition) is 3. The lowest BCUT2D eigenvalue weighted by atomic mass is 10.1. The number of aromatic carboxylic acids is 1. The van der Waals surface area contributed by atoms with Crippen molar-refractivity contribution in [1.82, 2.24) is 4.57 Å². The fourth-order valence-electron chi connectivity index (χ4n) is 3.92. The van der Waals surface area contributed by atoms with Gasteiger partial charge in [0.25, 0.3) is 0 Å². The number of nitrogens with zero attached hydrogens (tertiary/aromatic N) is 2. The summed E-state index contributed by atoms with van der Waals surface area (Å²) in [7, 11) is 1.79. The maximum atomic E-state index is 15.1. The van der Waals surface area contributed by atoms with Gasteiger partial charge in [0, 0.05) is 31.7 Å². The summed E-state index contributed by atoms with van der Waals surface area (Å²) in [5, 5.41) is 9.55. The Hall–Kier alpha value is -3.93.